The monoisotopic (exact) mass is 581 g/mol. The molecule has 0 aliphatic carbocycles. The Labute approximate surface area is 231 Å². The number of hydrogen-bond donors (Lipinski definition) is 3. The Morgan fingerprint density at radius 2 is 1.76 bits per heavy atom. The number of anilines is 2. The first kappa shape index (κ1) is 30.5. The van der Waals surface area contributed by atoms with Gasteiger partial charge >= 0.3 is 0 Å². The van der Waals surface area contributed by atoms with E-state index in [1.165, 1.54) is 43.6 Å². The van der Waals surface area contributed by atoms with Crippen LogP contribution >= 0.6 is 24.8 Å². The Kier molecular flexibility index (Phi) is 9.79. The van der Waals surface area contributed by atoms with Crippen molar-refractivity contribution in [1.29, 1.82) is 0 Å². The first-order valence-electron chi connectivity index (χ1n) is 10.8. The molecule has 0 radical (unpaired) electrons. The minimum atomic E-state index is -3.40. The number of nitrogens with one attached hydrogen (secondary N) is 1. The number of nitrogen functional groups attached to an aromatic ring is 1. The molecule has 14 heteroatoms. The number of hydrogen-bond acceptors (Lipinski definition) is 8. The summed E-state index contributed by atoms with van der Waals surface area (Å²) in [6.45, 7) is 3.25. The van der Waals surface area contributed by atoms with Crippen molar-refractivity contribution < 1.29 is 17.3 Å². The molecule has 0 aliphatic rings. The fourth-order valence-corrected chi connectivity index (χ4v) is 4.38. The number of guanidine groups is 1. The summed E-state index contributed by atoms with van der Waals surface area (Å²) in [6.07, 6.45) is 1.47. The van der Waals surface area contributed by atoms with Gasteiger partial charge in [0.2, 0.25) is 0 Å². The maximum absolute atomic E-state index is 14.7. The van der Waals surface area contributed by atoms with Gasteiger partial charge in [-0.2, -0.15) is 0 Å². The molecular formula is C24H26Cl2FN7O3S. The van der Waals surface area contributed by atoms with Crippen LogP contribution in [0.3, 0.4) is 0 Å². The van der Waals surface area contributed by atoms with Crippen LogP contribution in [0.5, 0.6) is 0 Å². The van der Waals surface area contributed by atoms with E-state index < -0.39 is 20.9 Å². The van der Waals surface area contributed by atoms with Crippen LogP contribution in [0.1, 0.15) is 13.8 Å². The summed E-state index contributed by atoms with van der Waals surface area (Å²) >= 11 is 0. The Bertz CT molecular complexity index is 1560. The Morgan fingerprint density at radius 3 is 2.37 bits per heavy atom. The predicted octanol–water partition coefficient (Wildman–Crippen LogP) is 4.57. The van der Waals surface area contributed by atoms with Crippen molar-refractivity contribution in [2.75, 3.05) is 18.1 Å². The van der Waals surface area contributed by atoms with Crippen molar-refractivity contribution in [2.45, 2.75) is 24.0 Å². The van der Waals surface area contributed by atoms with Gasteiger partial charge in [0.25, 0.3) is 0 Å². The molecule has 0 aliphatic heterocycles. The first-order chi connectivity index (χ1) is 17.1. The molecule has 5 N–H and O–H groups in total. The number of rotatable bonds is 6. The van der Waals surface area contributed by atoms with Crippen LogP contribution in [-0.2, 0) is 9.84 Å². The van der Waals surface area contributed by atoms with Crippen LogP contribution < -0.4 is 16.8 Å². The average molecular weight is 582 g/mol. The molecule has 0 bridgehead atoms. The van der Waals surface area contributed by atoms with Crippen LogP contribution in [0.15, 0.2) is 69.1 Å². The third-order valence-corrected chi connectivity index (χ3v) is 7.57. The Hall–Kier alpha value is -3.74. The number of aromatic nitrogens is 3. The molecule has 4 aromatic rings. The van der Waals surface area contributed by atoms with E-state index in [-0.39, 0.29) is 64.2 Å². The standard InChI is InChI=1S/C24H24FN7O3S.2ClH/c1-13(2)36(33,34)16-7-4-14(5-8-16)20-12-29-23(26)22(31-20)21-11-19(32-35-21)17-9-6-15(10-18(17)25)30-24(27)28-3;;/h4-13H,1-3H3,(H2,26,29)(H3,27,28,30);2*1H. The molecule has 2 aromatic carbocycles. The highest BCUT2D eigenvalue weighted by Gasteiger charge is 2.20. The molecule has 0 fully saturated rings. The number of aliphatic imine (C=N–C) groups is 1. The number of halogens is 3. The first-order valence-corrected chi connectivity index (χ1v) is 12.4. The van der Waals surface area contributed by atoms with E-state index in [0.29, 0.717) is 16.9 Å². The lowest BCUT2D eigenvalue weighted by atomic mass is 10.1. The summed E-state index contributed by atoms with van der Waals surface area (Å²) in [5, 5.41) is 6.18. The van der Waals surface area contributed by atoms with Gasteiger partial charge < -0.3 is 21.3 Å². The molecule has 202 valence electrons. The van der Waals surface area contributed by atoms with Gasteiger partial charge in [-0.05, 0) is 44.2 Å². The summed E-state index contributed by atoms with van der Waals surface area (Å²) in [5.74, 6) is -0.112. The highest BCUT2D eigenvalue weighted by atomic mass is 35.5. The van der Waals surface area contributed by atoms with Crippen LogP contribution in [-0.4, -0.2) is 41.8 Å². The molecule has 2 aromatic heterocycles. The summed E-state index contributed by atoms with van der Waals surface area (Å²) in [7, 11) is -1.88. The predicted molar refractivity (Wildman–Crippen MR) is 151 cm³/mol. The fraction of sp³-hybridized carbons (Fsp3) is 0.167. The number of benzene rings is 2. The van der Waals surface area contributed by atoms with Gasteiger partial charge in [0, 0.05) is 29.9 Å². The van der Waals surface area contributed by atoms with E-state index in [1.807, 2.05) is 0 Å². The van der Waals surface area contributed by atoms with Crippen molar-refractivity contribution in [3.05, 3.63) is 60.5 Å². The Balaban J connectivity index is 0.00000253. The molecule has 38 heavy (non-hydrogen) atoms. The third-order valence-electron chi connectivity index (χ3n) is 5.40. The summed E-state index contributed by atoms with van der Waals surface area (Å²) in [5.41, 5.74) is 13.8. The maximum atomic E-state index is 14.7. The summed E-state index contributed by atoms with van der Waals surface area (Å²) in [6, 6.07) is 12.3. The van der Waals surface area contributed by atoms with Gasteiger partial charge in [-0.15, -0.1) is 24.8 Å². The van der Waals surface area contributed by atoms with Crippen molar-refractivity contribution in [2.24, 2.45) is 10.7 Å². The minimum absolute atomic E-state index is 0. The third kappa shape index (κ3) is 6.21. The van der Waals surface area contributed by atoms with Crippen LogP contribution in [0.2, 0.25) is 0 Å². The lowest BCUT2D eigenvalue weighted by Gasteiger charge is -2.09. The minimum Gasteiger partial charge on any atom is -0.382 e. The highest BCUT2D eigenvalue weighted by Crippen LogP contribution is 2.31. The topological polar surface area (TPSA) is 162 Å². The second-order valence-corrected chi connectivity index (χ2v) is 10.6. The maximum Gasteiger partial charge on any atom is 0.192 e. The summed E-state index contributed by atoms with van der Waals surface area (Å²) < 4.78 is 44.9. The number of sulfone groups is 1. The lowest BCUT2D eigenvalue weighted by molar-refractivity contribution is 0.433. The van der Waals surface area contributed by atoms with Crippen LogP contribution in [0.4, 0.5) is 15.9 Å². The second-order valence-electron chi connectivity index (χ2n) is 8.11. The number of nitrogens with two attached hydrogens (primary N) is 2. The van der Waals surface area contributed by atoms with Crippen molar-refractivity contribution in [1.82, 2.24) is 15.1 Å². The number of nitrogens with zero attached hydrogens (tertiary/aromatic N) is 4. The zero-order chi connectivity index (χ0) is 26.0. The highest BCUT2D eigenvalue weighted by molar-refractivity contribution is 7.92. The molecule has 0 saturated heterocycles. The van der Waals surface area contributed by atoms with Gasteiger partial charge in [-0.25, -0.2) is 22.8 Å². The van der Waals surface area contributed by atoms with E-state index in [2.05, 4.69) is 25.4 Å². The van der Waals surface area contributed by atoms with Gasteiger partial charge in [0.15, 0.2) is 33.1 Å². The molecular weight excluding hydrogens is 556 g/mol. The van der Waals surface area contributed by atoms with Gasteiger partial charge in [0.05, 0.1) is 22.0 Å². The largest absolute Gasteiger partial charge is 0.382 e. The lowest BCUT2D eigenvalue weighted by Crippen LogP contribution is -2.22. The second kappa shape index (κ2) is 12.2. The van der Waals surface area contributed by atoms with E-state index >= 15 is 0 Å². The van der Waals surface area contributed by atoms with Crippen molar-refractivity contribution >= 4 is 52.1 Å². The molecule has 0 unspecified atom stereocenters. The Morgan fingerprint density at radius 1 is 1.08 bits per heavy atom. The molecule has 4 rings (SSSR count). The average Bonchev–Trinajstić information content (AvgIpc) is 3.34. The van der Waals surface area contributed by atoms with Crippen molar-refractivity contribution in [3.8, 4) is 34.0 Å². The van der Waals surface area contributed by atoms with Crippen LogP contribution in [0, 0.1) is 5.82 Å². The van der Waals surface area contributed by atoms with Gasteiger partial charge in [0.1, 0.15) is 11.5 Å². The van der Waals surface area contributed by atoms with Crippen molar-refractivity contribution in [3.63, 3.8) is 0 Å². The van der Waals surface area contributed by atoms with E-state index in [1.54, 1.807) is 32.0 Å². The van der Waals surface area contributed by atoms with Crippen LogP contribution in [0.25, 0.3) is 34.0 Å². The molecule has 0 spiro atoms. The zero-order valence-corrected chi connectivity index (χ0v) is 23.0. The SMILES string of the molecule is CN=C(N)Nc1ccc(-c2cc(-c3nc(-c4ccc(S(=O)(=O)C(C)C)cc4)cnc3N)on2)c(F)c1.Cl.Cl. The zero-order valence-electron chi connectivity index (χ0n) is 20.5. The molecule has 0 saturated carbocycles. The fourth-order valence-electron chi connectivity index (χ4n) is 3.32. The smallest absolute Gasteiger partial charge is 0.192 e. The molecule has 0 atom stereocenters. The molecule has 10 nitrogen and oxygen atoms in total. The quantitative estimate of drug-likeness (QED) is 0.218. The van der Waals surface area contributed by atoms with Gasteiger partial charge in [-0.3, -0.25) is 4.99 Å². The van der Waals surface area contributed by atoms with Gasteiger partial charge in [-0.1, -0.05) is 17.3 Å². The van der Waals surface area contributed by atoms with E-state index in [9.17, 15) is 12.8 Å². The molecule has 0 amide bonds. The summed E-state index contributed by atoms with van der Waals surface area (Å²) in [4.78, 5) is 12.7. The van der Waals surface area contributed by atoms with E-state index in [4.69, 9.17) is 16.0 Å². The normalized spacial score (nSPS) is 11.6. The molecule has 2 heterocycles. The van der Waals surface area contributed by atoms with E-state index in [0.717, 1.165) is 0 Å².